The monoisotopic (exact) mass is 348 g/mol. The second-order valence-electron chi connectivity index (χ2n) is 3.72. The standard InChI is InChI=1S/C10H10Br2N2O2/c11-8-2-7(3-13-10(8)12)14-4-6(5-15)1-9(14)16/h2-3,6,15H,1,4-5H2. The van der Waals surface area contributed by atoms with Gasteiger partial charge in [0.1, 0.15) is 4.60 Å². The van der Waals surface area contributed by atoms with Crippen molar-refractivity contribution >= 4 is 43.5 Å². The molecule has 16 heavy (non-hydrogen) atoms. The van der Waals surface area contributed by atoms with E-state index in [1.165, 1.54) is 0 Å². The minimum Gasteiger partial charge on any atom is -0.396 e. The SMILES string of the molecule is O=C1CC(CO)CN1c1cnc(Br)c(Br)c1. The summed E-state index contributed by atoms with van der Waals surface area (Å²) in [5.74, 6) is 0.0741. The molecule has 1 saturated heterocycles. The summed E-state index contributed by atoms with van der Waals surface area (Å²) in [6, 6.07) is 1.84. The molecule has 1 amide bonds. The second-order valence-corrected chi connectivity index (χ2v) is 5.33. The number of amides is 1. The van der Waals surface area contributed by atoms with E-state index in [2.05, 4.69) is 36.8 Å². The van der Waals surface area contributed by atoms with E-state index in [9.17, 15) is 4.79 Å². The molecule has 0 aromatic carbocycles. The van der Waals surface area contributed by atoms with Crippen molar-refractivity contribution in [1.29, 1.82) is 0 Å². The summed E-state index contributed by atoms with van der Waals surface area (Å²) in [6.45, 7) is 0.610. The summed E-state index contributed by atoms with van der Waals surface area (Å²) in [4.78, 5) is 17.5. The number of carbonyl (C=O) groups excluding carboxylic acids is 1. The lowest BCUT2D eigenvalue weighted by molar-refractivity contribution is -0.117. The average Bonchev–Trinajstić information content (AvgIpc) is 2.64. The average molecular weight is 350 g/mol. The number of aliphatic hydroxyl groups excluding tert-OH is 1. The van der Waals surface area contributed by atoms with Crippen LogP contribution < -0.4 is 4.90 Å². The van der Waals surface area contributed by atoms with Crippen LogP contribution in [0, 0.1) is 5.92 Å². The maximum absolute atomic E-state index is 11.7. The van der Waals surface area contributed by atoms with Crippen LogP contribution in [0.25, 0.3) is 0 Å². The first kappa shape index (κ1) is 12.0. The van der Waals surface area contributed by atoms with Crippen molar-refractivity contribution < 1.29 is 9.90 Å². The van der Waals surface area contributed by atoms with Crippen LogP contribution in [0.3, 0.4) is 0 Å². The van der Waals surface area contributed by atoms with Crippen molar-refractivity contribution in [3.8, 4) is 0 Å². The molecule has 1 atom stereocenters. The molecule has 6 heteroatoms. The van der Waals surface area contributed by atoms with Crippen molar-refractivity contribution in [3.05, 3.63) is 21.3 Å². The Hall–Kier alpha value is -0.460. The summed E-state index contributed by atoms with van der Waals surface area (Å²) < 4.78 is 1.52. The summed E-state index contributed by atoms with van der Waals surface area (Å²) in [6.07, 6.45) is 2.05. The zero-order valence-electron chi connectivity index (χ0n) is 8.36. The molecule has 1 aromatic rings. The molecule has 0 saturated carbocycles. The van der Waals surface area contributed by atoms with E-state index in [-0.39, 0.29) is 18.4 Å². The van der Waals surface area contributed by atoms with Gasteiger partial charge in [0, 0.05) is 25.5 Å². The molecular weight excluding hydrogens is 340 g/mol. The lowest BCUT2D eigenvalue weighted by Gasteiger charge is -2.16. The Kier molecular flexibility index (Phi) is 3.61. The Labute approximate surface area is 110 Å². The van der Waals surface area contributed by atoms with E-state index in [4.69, 9.17) is 5.11 Å². The van der Waals surface area contributed by atoms with Crippen molar-refractivity contribution in [2.45, 2.75) is 6.42 Å². The van der Waals surface area contributed by atoms with E-state index in [0.29, 0.717) is 17.6 Å². The summed E-state index contributed by atoms with van der Waals surface area (Å²) in [5.41, 5.74) is 0.760. The van der Waals surface area contributed by atoms with Crippen LogP contribution in [-0.2, 0) is 4.79 Å². The Morgan fingerprint density at radius 3 is 2.88 bits per heavy atom. The predicted octanol–water partition coefficient (Wildman–Crippen LogP) is 1.95. The topological polar surface area (TPSA) is 53.4 Å². The van der Waals surface area contributed by atoms with Gasteiger partial charge in [-0.3, -0.25) is 4.79 Å². The number of halogens is 2. The number of pyridine rings is 1. The fraction of sp³-hybridized carbons (Fsp3) is 0.400. The van der Waals surface area contributed by atoms with Gasteiger partial charge in [0.25, 0.3) is 0 Å². The van der Waals surface area contributed by atoms with Crippen LogP contribution in [0.1, 0.15) is 6.42 Å². The number of nitrogens with zero attached hydrogens (tertiary/aromatic N) is 2. The van der Waals surface area contributed by atoms with Crippen LogP contribution in [0.4, 0.5) is 5.69 Å². The third-order valence-corrected chi connectivity index (χ3v) is 4.33. The van der Waals surface area contributed by atoms with Crippen LogP contribution in [0.5, 0.6) is 0 Å². The minimum absolute atomic E-state index is 0.0370. The molecule has 0 aliphatic carbocycles. The first-order valence-corrected chi connectivity index (χ1v) is 6.42. The highest BCUT2D eigenvalue weighted by Gasteiger charge is 2.30. The Balaban J connectivity index is 2.24. The zero-order chi connectivity index (χ0) is 11.7. The molecule has 2 rings (SSSR count). The molecule has 1 fully saturated rings. The smallest absolute Gasteiger partial charge is 0.227 e. The van der Waals surface area contributed by atoms with Gasteiger partial charge < -0.3 is 10.0 Å². The highest BCUT2D eigenvalue weighted by molar-refractivity contribution is 9.13. The first-order valence-electron chi connectivity index (χ1n) is 4.84. The Morgan fingerprint density at radius 2 is 2.31 bits per heavy atom. The molecule has 0 radical (unpaired) electrons. The van der Waals surface area contributed by atoms with Crippen LogP contribution >= 0.6 is 31.9 Å². The molecule has 4 nitrogen and oxygen atoms in total. The van der Waals surface area contributed by atoms with Gasteiger partial charge in [-0.1, -0.05) is 0 Å². The number of hydrogen-bond donors (Lipinski definition) is 1. The normalized spacial score (nSPS) is 20.6. The number of carbonyl (C=O) groups is 1. The molecule has 1 N–H and O–H groups in total. The molecule has 1 unspecified atom stereocenters. The van der Waals surface area contributed by atoms with Gasteiger partial charge in [-0.05, 0) is 37.9 Å². The lowest BCUT2D eigenvalue weighted by Crippen LogP contribution is -2.25. The van der Waals surface area contributed by atoms with E-state index in [1.807, 2.05) is 6.07 Å². The summed E-state index contributed by atoms with van der Waals surface area (Å²) >= 11 is 6.63. The van der Waals surface area contributed by atoms with Gasteiger partial charge in [0.2, 0.25) is 5.91 Å². The van der Waals surface area contributed by atoms with Gasteiger partial charge in [0.15, 0.2) is 0 Å². The van der Waals surface area contributed by atoms with Crippen LogP contribution in [0.2, 0.25) is 0 Å². The van der Waals surface area contributed by atoms with E-state index in [0.717, 1.165) is 10.2 Å². The third-order valence-electron chi connectivity index (χ3n) is 2.56. The first-order chi connectivity index (χ1) is 7.61. The van der Waals surface area contributed by atoms with Crippen LogP contribution in [0.15, 0.2) is 21.3 Å². The quantitative estimate of drug-likeness (QED) is 0.830. The maximum Gasteiger partial charge on any atom is 0.227 e. The number of aliphatic hydroxyl groups is 1. The fourth-order valence-electron chi connectivity index (χ4n) is 1.71. The highest BCUT2D eigenvalue weighted by atomic mass is 79.9. The molecule has 2 heterocycles. The summed E-state index contributed by atoms with van der Waals surface area (Å²) in [5, 5.41) is 9.04. The predicted molar refractivity (Wildman–Crippen MR) is 67.2 cm³/mol. The van der Waals surface area contributed by atoms with Crippen LogP contribution in [-0.4, -0.2) is 29.1 Å². The van der Waals surface area contributed by atoms with Crippen molar-refractivity contribution in [2.75, 3.05) is 18.1 Å². The number of hydrogen-bond acceptors (Lipinski definition) is 3. The van der Waals surface area contributed by atoms with E-state index >= 15 is 0 Å². The lowest BCUT2D eigenvalue weighted by atomic mass is 10.1. The van der Waals surface area contributed by atoms with Gasteiger partial charge >= 0.3 is 0 Å². The highest BCUT2D eigenvalue weighted by Crippen LogP contribution is 2.29. The van der Waals surface area contributed by atoms with Crippen molar-refractivity contribution in [3.63, 3.8) is 0 Å². The Bertz CT molecular complexity index is 425. The summed E-state index contributed by atoms with van der Waals surface area (Å²) in [7, 11) is 0. The fourth-order valence-corrected chi connectivity index (χ4v) is 2.27. The molecule has 1 aliphatic rings. The maximum atomic E-state index is 11.7. The molecule has 1 aromatic heterocycles. The minimum atomic E-state index is 0.0370. The van der Waals surface area contributed by atoms with E-state index in [1.54, 1.807) is 11.1 Å². The number of anilines is 1. The van der Waals surface area contributed by atoms with Gasteiger partial charge in [0.05, 0.1) is 16.4 Å². The number of rotatable bonds is 2. The molecule has 86 valence electrons. The largest absolute Gasteiger partial charge is 0.396 e. The van der Waals surface area contributed by atoms with Crippen molar-refractivity contribution in [1.82, 2.24) is 4.98 Å². The molecular formula is C10H10Br2N2O2. The molecule has 1 aliphatic heterocycles. The third kappa shape index (κ3) is 2.28. The van der Waals surface area contributed by atoms with Crippen molar-refractivity contribution in [2.24, 2.45) is 5.92 Å². The van der Waals surface area contributed by atoms with Gasteiger partial charge in [-0.15, -0.1) is 0 Å². The number of aromatic nitrogens is 1. The Morgan fingerprint density at radius 1 is 1.56 bits per heavy atom. The molecule has 0 spiro atoms. The second kappa shape index (κ2) is 4.81. The zero-order valence-corrected chi connectivity index (χ0v) is 11.5. The van der Waals surface area contributed by atoms with Gasteiger partial charge in [-0.2, -0.15) is 0 Å². The molecule has 0 bridgehead atoms. The van der Waals surface area contributed by atoms with Gasteiger partial charge in [-0.25, -0.2) is 4.98 Å². The van der Waals surface area contributed by atoms with E-state index < -0.39 is 0 Å².